The second kappa shape index (κ2) is 18.8. The van der Waals surface area contributed by atoms with Gasteiger partial charge in [-0.2, -0.15) is 0 Å². The van der Waals surface area contributed by atoms with Crippen LogP contribution in [0.15, 0.2) is 109 Å². The molecule has 0 N–H and O–H groups in total. The molecule has 0 bridgehead atoms. The molecule has 8 heteroatoms. The van der Waals surface area contributed by atoms with Crippen molar-refractivity contribution in [2.45, 2.75) is 30.6 Å². The van der Waals surface area contributed by atoms with Gasteiger partial charge in [-0.1, -0.05) is 55.6 Å². The number of hydrogen-bond donors (Lipinski definition) is 0. The fourth-order valence-corrected chi connectivity index (χ4v) is 4.43. The quantitative estimate of drug-likeness (QED) is 0.0643. The van der Waals surface area contributed by atoms with Crippen LogP contribution in [0.4, 0.5) is 0 Å². The zero-order valence-electron chi connectivity index (χ0n) is 24.1. The molecule has 0 atom stereocenters. The molecule has 0 heterocycles. The van der Waals surface area contributed by atoms with Crippen LogP contribution in [-0.2, 0) is 23.9 Å². The Morgan fingerprint density at radius 2 is 1.12 bits per heavy atom. The molecular formula is C35H36O7S. The van der Waals surface area contributed by atoms with Gasteiger partial charge in [-0.05, 0) is 96.6 Å². The van der Waals surface area contributed by atoms with Gasteiger partial charge in [0.15, 0.2) is 0 Å². The first-order chi connectivity index (χ1) is 21.0. The highest BCUT2D eigenvalue weighted by molar-refractivity contribution is 8.14. The van der Waals surface area contributed by atoms with Crippen molar-refractivity contribution >= 4 is 34.9 Å². The Hall–Kier alpha value is -4.56. The second-order valence-corrected chi connectivity index (χ2v) is 10.3. The van der Waals surface area contributed by atoms with Gasteiger partial charge < -0.3 is 18.9 Å². The van der Waals surface area contributed by atoms with E-state index in [2.05, 4.69) is 13.2 Å². The fraction of sp³-hybridized carbons (Fsp3) is 0.229. The van der Waals surface area contributed by atoms with E-state index >= 15 is 0 Å². The van der Waals surface area contributed by atoms with Crippen LogP contribution in [0.5, 0.6) is 11.5 Å². The number of hydrogen-bond acceptors (Lipinski definition) is 8. The number of esters is 2. The summed E-state index contributed by atoms with van der Waals surface area (Å²) in [7, 11) is 0. The van der Waals surface area contributed by atoms with Crippen molar-refractivity contribution in [3.63, 3.8) is 0 Å². The molecule has 3 rings (SSSR count). The van der Waals surface area contributed by atoms with Gasteiger partial charge in [0.1, 0.15) is 24.7 Å². The Bertz CT molecular complexity index is 1360. The maximum Gasteiger partial charge on any atom is 0.330 e. The van der Waals surface area contributed by atoms with Crippen molar-refractivity contribution in [1.82, 2.24) is 0 Å². The fourth-order valence-electron chi connectivity index (χ4n) is 3.79. The number of rotatable bonds is 18. The molecule has 0 radical (unpaired) electrons. The number of unbranched alkanes of at least 4 members (excludes halogenated alkanes) is 3. The lowest BCUT2D eigenvalue weighted by molar-refractivity contribution is -0.139. The molecule has 224 valence electrons. The Labute approximate surface area is 257 Å². The number of ether oxygens (including phenoxy) is 4. The standard InChI is InChI=1S/C35H36O7S/c1-3-33(36)41-24-8-6-5-7-23-39-30-16-9-27(10-17-30)11-22-35(38)43-32-20-14-29(15-21-32)28-12-18-31(19-13-28)40-25-26-42-34(37)4-2/h3-4,9-22H,1-2,5-8,23-26H2/b22-11+. The van der Waals surface area contributed by atoms with Crippen molar-refractivity contribution < 1.29 is 33.3 Å². The number of thioether (sulfide) groups is 1. The Kier molecular flexibility index (Phi) is 14.4. The molecule has 0 aliphatic heterocycles. The van der Waals surface area contributed by atoms with E-state index in [-0.39, 0.29) is 24.3 Å². The van der Waals surface area contributed by atoms with Crippen molar-refractivity contribution in [1.29, 1.82) is 0 Å². The summed E-state index contributed by atoms with van der Waals surface area (Å²) in [6.07, 6.45) is 9.36. The van der Waals surface area contributed by atoms with E-state index in [1.165, 1.54) is 17.8 Å². The van der Waals surface area contributed by atoms with Gasteiger partial charge in [0.2, 0.25) is 5.12 Å². The topological polar surface area (TPSA) is 88.1 Å². The lowest BCUT2D eigenvalue weighted by Gasteiger charge is -2.08. The molecule has 0 amide bonds. The zero-order valence-corrected chi connectivity index (χ0v) is 24.9. The third-order valence-electron chi connectivity index (χ3n) is 6.03. The second-order valence-electron chi connectivity index (χ2n) is 9.23. The van der Waals surface area contributed by atoms with Crippen LogP contribution in [0.1, 0.15) is 31.2 Å². The van der Waals surface area contributed by atoms with Gasteiger partial charge in [-0.15, -0.1) is 0 Å². The molecule has 0 spiro atoms. The summed E-state index contributed by atoms with van der Waals surface area (Å²) >= 11 is 1.17. The van der Waals surface area contributed by atoms with Crippen LogP contribution in [0.3, 0.4) is 0 Å². The highest BCUT2D eigenvalue weighted by atomic mass is 32.2. The molecule has 0 unspecified atom stereocenters. The third kappa shape index (κ3) is 12.9. The molecule has 0 fully saturated rings. The van der Waals surface area contributed by atoms with Crippen LogP contribution < -0.4 is 9.47 Å². The predicted molar refractivity (Wildman–Crippen MR) is 170 cm³/mol. The molecule has 0 aromatic heterocycles. The molecule has 43 heavy (non-hydrogen) atoms. The van der Waals surface area contributed by atoms with Crippen LogP contribution >= 0.6 is 11.8 Å². The number of carbonyl (C=O) groups excluding carboxylic acids is 3. The van der Waals surface area contributed by atoms with Crippen molar-refractivity contribution in [2.24, 2.45) is 0 Å². The van der Waals surface area contributed by atoms with Crippen LogP contribution in [0.25, 0.3) is 17.2 Å². The third-order valence-corrected chi connectivity index (χ3v) is 6.88. The zero-order chi connectivity index (χ0) is 30.7. The van der Waals surface area contributed by atoms with Crippen molar-refractivity contribution in [3.8, 4) is 22.6 Å². The lowest BCUT2D eigenvalue weighted by Crippen LogP contribution is -2.10. The van der Waals surface area contributed by atoms with E-state index in [1.54, 1.807) is 12.2 Å². The average molecular weight is 601 g/mol. The normalized spacial score (nSPS) is 10.6. The van der Waals surface area contributed by atoms with Gasteiger partial charge >= 0.3 is 11.9 Å². The minimum Gasteiger partial charge on any atom is -0.494 e. The molecule has 0 aliphatic rings. The van der Waals surface area contributed by atoms with Gasteiger partial charge in [0.25, 0.3) is 0 Å². The molecule has 0 saturated carbocycles. The molecule has 3 aromatic carbocycles. The molecule has 3 aromatic rings. The average Bonchev–Trinajstić information content (AvgIpc) is 3.04. The summed E-state index contributed by atoms with van der Waals surface area (Å²) in [4.78, 5) is 35.4. The molecule has 7 nitrogen and oxygen atoms in total. The molecular weight excluding hydrogens is 564 g/mol. The van der Waals surface area contributed by atoms with E-state index in [0.717, 1.165) is 59.1 Å². The first kappa shape index (κ1) is 32.9. The monoisotopic (exact) mass is 600 g/mol. The van der Waals surface area contributed by atoms with Crippen LogP contribution in [0.2, 0.25) is 0 Å². The van der Waals surface area contributed by atoms with Gasteiger partial charge in [0, 0.05) is 17.0 Å². The minimum atomic E-state index is -0.474. The van der Waals surface area contributed by atoms with Crippen LogP contribution in [-0.4, -0.2) is 43.5 Å². The van der Waals surface area contributed by atoms with Crippen molar-refractivity contribution in [2.75, 3.05) is 26.4 Å². The maximum absolute atomic E-state index is 12.5. The lowest BCUT2D eigenvalue weighted by atomic mass is 10.1. The number of carbonyl (C=O) groups is 3. The minimum absolute atomic E-state index is 0.0624. The summed E-state index contributed by atoms with van der Waals surface area (Å²) in [6.45, 7) is 8.17. The highest BCUT2D eigenvalue weighted by Gasteiger charge is 2.04. The first-order valence-electron chi connectivity index (χ1n) is 14.0. The van der Waals surface area contributed by atoms with E-state index in [9.17, 15) is 14.4 Å². The summed E-state index contributed by atoms with van der Waals surface area (Å²) in [5.74, 6) is 0.606. The molecule has 0 aliphatic carbocycles. The van der Waals surface area contributed by atoms with Gasteiger partial charge in [-0.3, -0.25) is 4.79 Å². The smallest absolute Gasteiger partial charge is 0.330 e. The Morgan fingerprint density at radius 3 is 1.72 bits per heavy atom. The Balaban J connectivity index is 1.35. The SMILES string of the molecule is C=CC(=O)OCCCCCCOc1ccc(/C=C/C(=O)Sc2ccc(-c3ccc(OCCOC(=O)C=C)cc3)cc2)cc1. The van der Waals surface area contributed by atoms with E-state index in [4.69, 9.17) is 18.9 Å². The highest BCUT2D eigenvalue weighted by Crippen LogP contribution is 2.27. The summed E-state index contributed by atoms with van der Waals surface area (Å²) in [5, 5.41) is -0.0624. The van der Waals surface area contributed by atoms with E-state index in [1.807, 2.05) is 72.8 Å². The summed E-state index contributed by atoms with van der Waals surface area (Å²) < 4.78 is 21.2. The predicted octanol–water partition coefficient (Wildman–Crippen LogP) is 7.46. The van der Waals surface area contributed by atoms with Gasteiger partial charge in [-0.25, -0.2) is 9.59 Å². The number of benzene rings is 3. The van der Waals surface area contributed by atoms with Crippen LogP contribution in [0, 0.1) is 0 Å². The van der Waals surface area contributed by atoms with E-state index in [0.29, 0.717) is 19.0 Å². The first-order valence-corrected chi connectivity index (χ1v) is 14.8. The summed E-state index contributed by atoms with van der Waals surface area (Å²) in [5.41, 5.74) is 2.95. The van der Waals surface area contributed by atoms with Gasteiger partial charge in [0.05, 0.1) is 13.2 Å². The molecule has 0 saturated heterocycles. The summed E-state index contributed by atoms with van der Waals surface area (Å²) in [6, 6.07) is 23.0. The maximum atomic E-state index is 12.5. The van der Waals surface area contributed by atoms with E-state index < -0.39 is 5.97 Å². The Morgan fingerprint density at radius 1 is 0.605 bits per heavy atom. The largest absolute Gasteiger partial charge is 0.494 e. The van der Waals surface area contributed by atoms with Crippen molar-refractivity contribution in [3.05, 3.63) is 110 Å².